The largest absolute Gasteiger partial charge is 0.497 e. The summed E-state index contributed by atoms with van der Waals surface area (Å²) in [6.07, 6.45) is -0.917. The first-order chi connectivity index (χ1) is 8.11. The highest BCUT2D eigenvalue weighted by atomic mass is 32.1. The Morgan fingerprint density at radius 1 is 1.29 bits per heavy atom. The topological polar surface area (TPSA) is 29.5 Å². The molecule has 2 nitrogen and oxygen atoms in total. The molecule has 2 rings (SSSR count). The number of hydrogen-bond acceptors (Lipinski definition) is 3. The van der Waals surface area contributed by atoms with Crippen LogP contribution in [0.25, 0.3) is 0 Å². The minimum Gasteiger partial charge on any atom is -0.497 e. The Bertz CT molecular complexity index is 522. The van der Waals surface area contributed by atoms with Crippen LogP contribution < -0.4 is 4.74 Å². The van der Waals surface area contributed by atoms with E-state index in [9.17, 15) is 9.50 Å². The third-order valence-electron chi connectivity index (χ3n) is 2.53. The zero-order valence-electron chi connectivity index (χ0n) is 9.61. The van der Waals surface area contributed by atoms with Gasteiger partial charge in [0.25, 0.3) is 0 Å². The van der Waals surface area contributed by atoms with E-state index in [1.54, 1.807) is 12.1 Å². The van der Waals surface area contributed by atoms with Crippen molar-refractivity contribution >= 4 is 11.3 Å². The maximum absolute atomic E-state index is 13.7. The quantitative estimate of drug-likeness (QED) is 0.908. The lowest BCUT2D eigenvalue weighted by Gasteiger charge is -2.11. The molecule has 0 aliphatic heterocycles. The van der Waals surface area contributed by atoms with Gasteiger partial charge in [-0.1, -0.05) is 0 Å². The maximum Gasteiger partial charge on any atom is 0.133 e. The molecule has 1 N–H and O–H groups in total. The molecule has 1 aromatic carbocycles. The van der Waals surface area contributed by atoms with Crippen LogP contribution in [0.3, 0.4) is 0 Å². The number of methoxy groups -OCH3 is 1. The summed E-state index contributed by atoms with van der Waals surface area (Å²) in [4.78, 5) is 1.83. The maximum atomic E-state index is 13.7. The molecule has 1 atom stereocenters. The van der Waals surface area contributed by atoms with Crippen LogP contribution in [-0.4, -0.2) is 12.2 Å². The SMILES string of the molecule is COc1ccc(C(O)c2ccc(C)s2)c(F)c1. The van der Waals surface area contributed by atoms with Gasteiger partial charge in [-0.15, -0.1) is 11.3 Å². The molecule has 2 aromatic rings. The number of halogens is 1. The Kier molecular flexibility index (Phi) is 3.45. The second kappa shape index (κ2) is 4.85. The Morgan fingerprint density at radius 2 is 2.06 bits per heavy atom. The van der Waals surface area contributed by atoms with Gasteiger partial charge in [0.1, 0.15) is 17.7 Å². The summed E-state index contributed by atoms with van der Waals surface area (Å²) in [5.74, 6) is -0.0105. The van der Waals surface area contributed by atoms with Gasteiger partial charge in [0, 0.05) is 21.4 Å². The molecule has 1 heterocycles. The highest BCUT2D eigenvalue weighted by molar-refractivity contribution is 7.12. The first-order valence-corrected chi connectivity index (χ1v) is 6.01. The Labute approximate surface area is 103 Å². The lowest BCUT2D eigenvalue weighted by molar-refractivity contribution is 0.218. The molecule has 90 valence electrons. The molecule has 0 aliphatic carbocycles. The molecule has 0 spiro atoms. The van der Waals surface area contributed by atoms with Crippen LogP contribution >= 0.6 is 11.3 Å². The number of thiophene rings is 1. The lowest BCUT2D eigenvalue weighted by Crippen LogP contribution is -2.00. The number of ether oxygens (including phenoxy) is 1. The Hall–Kier alpha value is -1.39. The van der Waals surface area contributed by atoms with Crippen molar-refractivity contribution in [2.75, 3.05) is 7.11 Å². The van der Waals surface area contributed by atoms with Gasteiger partial charge in [-0.2, -0.15) is 0 Å². The van der Waals surface area contributed by atoms with Crippen LogP contribution in [0.4, 0.5) is 4.39 Å². The first-order valence-electron chi connectivity index (χ1n) is 5.19. The molecule has 0 aliphatic rings. The van der Waals surface area contributed by atoms with E-state index in [1.165, 1.54) is 24.5 Å². The molecule has 0 amide bonds. The number of benzene rings is 1. The molecule has 1 unspecified atom stereocenters. The van der Waals surface area contributed by atoms with Crippen LogP contribution in [0, 0.1) is 12.7 Å². The average Bonchev–Trinajstić information content (AvgIpc) is 2.75. The van der Waals surface area contributed by atoms with Crippen molar-refractivity contribution < 1.29 is 14.2 Å². The molecule has 1 aromatic heterocycles. The van der Waals surface area contributed by atoms with Crippen molar-refractivity contribution in [3.63, 3.8) is 0 Å². The smallest absolute Gasteiger partial charge is 0.133 e. The molecule has 0 saturated carbocycles. The van der Waals surface area contributed by atoms with Crippen LogP contribution in [0.5, 0.6) is 5.75 Å². The predicted octanol–water partition coefficient (Wildman–Crippen LogP) is 3.29. The van der Waals surface area contributed by atoms with Gasteiger partial charge in [0.2, 0.25) is 0 Å². The van der Waals surface area contributed by atoms with E-state index >= 15 is 0 Å². The van der Waals surface area contributed by atoms with E-state index in [4.69, 9.17) is 4.74 Å². The number of rotatable bonds is 3. The van der Waals surface area contributed by atoms with Crippen molar-refractivity contribution in [1.82, 2.24) is 0 Å². The third kappa shape index (κ3) is 2.48. The number of hydrogen-bond donors (Lipinski definition) is 1. The summed E-state index contributed by atoms with van der Waals surface area (Å²) < 4.78 is 18.7. The summed E-state index contributed by atoms with van der Waals surface area (Å²) in [6, 6.07) is 8.19. The minimum absolute atomic E-state index is 0.271. The number of aliphatic hydroxyl groups excluding tert-OH is 1. The second-order valence-electron chi connectivity index (χ2n) is 3.74. The van der Waals surface area contributed by atoms with Crippen LogP contribution in [0.15, 0.2) is 30.3 Å². The van der Waals surface area contributed by atoms with Gasteiger partial charge in [0.05, 0.1) is 7.11 Å². The molecule has 0 saturated heterocycles. The molecule has 0 bridgehead atoms. The summed E-state index contributed by atoms with van der Waals surface area (Å²) >= 11 is 1.46. The zero-order chi connectivity index (χ0) is 12.4. The predicted molar refractivity (Wildman–Crippen MR) is 66.1 cm³/mol. The fourth-order valence-corrected chi connectivity index (χ4v) is 2.49. The molecule has 17 heavy (non-hydrogen) atoms. The minimum atomic E-state index is -0.917. The highest BCUT2D eigenvalue weighted by Crippen LogP contribution is 2.30. The number of aryl methyl sites for hydroxylation is 1. The normalized spacial score (nSPS) is 12.5. The van der Waals surface area contributed by atoms with Crippen LogP contribution in [0.2, 0.25) is 0 Å². The van der Waals surface area contributed by atoms with Crippen molar-refractivity contribution in [3.05, 3.63) is 51.5 Å². The van der Waals surface area contributed by atoms with E-state index in [2.05, 4.69) is 0 Å². The van der Waals surface area contributed by atoms with E-state index in [0.29, 0.717) is 5.75 Å². The molecule has 0 fully saturated rings. The Balaban J connectivity index is 2.34. The van der Waals surface area contributed by atoms with Gasteiger partial charge in [-0.25, -0.2) is 4.39 Å². The monoisotopic (exact) mass is 252 g/mol. The zero-order valence-corrected chi connectivity index (χ0v) is 10.4. The first kappa shape index (κ1) is 12.1. The van der Waals surface area contributed by atoms with Crippen molar-refractivity contribution in [1.29, 1.82) is 0 Å². The van der Waals surface area contributed by atoms with Gasteiger partial charge >= 0.3 is 0 Å². The summed E-state index contributed by atoms with van der Waals surface area (Å²) in [5, 5.41) is 10.1. The summed E-state index contributed by atoms with van der Waals surface area (Å²) in [6.45, 7) is 1.95. The molecule has 0 radical (unpaired) electrons. The van der Waals surface area contributed by atoms with Gasteiger partial charge in [-0.05, 0) is 31.2 Å². The van der Waals surface area contributed by atoms with Crippen molar-refractivity contribution in [2.24, 2.45) is 0 Å². The van der Waals surface area contributed by atoms with Gasteiger partial charge < -0.3 is 9.84 Å². The molecule has 4 heteroatoms. The van der Waals surface area contributed by atoms with E-state index < -0.39 is 11.9 Å². The fraction of sp³-hybridized carbons (Fsp3) is 0.231. The lowest BCUT2D eigenvalue weighted by atomic mass is 10.1. The Morgan fingerprint density at radius 3 is 2.59 bits per heavy atom. The van der Waals surface area contributed by atoms with Crippen molar-refractivity contribution in [3.8, 4) is 5.75 Å². The molecular formula is C13H13FO2S. The average molecular weight is 252 g/mol. The second-order valence-corrected chi connectivity index (χ2v) is 5.06. The van der Waals surface area contributed by atoms with Crippen LogP contribution in [-0.2, 0) is 0 Å². The van der Waals surface area contributed by atoms with E-state index in [-0.39, 0.29) is 5.56 Å². The standard InChI is InChI=1S/C13H13FO2S/c1-8-3-6-12(17-8)13(15)10-5-4-9(16-2)7-11(10)14/h3-7,13,15H,1-2H3. The fourth-order valence-electron chi connectivity index (χ4n) is 1.61. The number of aliphatic hydroxyl groups is 1. The third-order valence-corrected chi connectivity index (χ3v) is 3.59. The highest BCUT2D eigenvalue weighted by Gasteiger charge is 2.16. The van der Waals surface area contributed by atoms with Crippen molar-refractivity contribution in [2.45, 2.75) is 13.0 Å². The van der Waals surface area contributed by atoms with E-state index in [0.717, 1.165) is 9.75 Å². The van der Waals surface area contributed by atoms with E-state index in [1.807, 2.05) is 19.1 Å². The summed E-state index contributed by atoms with van der Waals surface area (Å²) in [5.41, 5.74) is 0.271. The summed E-state index contributed by atoms with van der Waals surface area (Å²) in [7, 11) is 1.48. The van der Waals surface area contributed by atoms with Crippen LogP contribution in [0.1, 0.15) is 21.4 Å². The molecular weight excluding hydrogens is 239 g/mol. The van der Waals surface area contributed by atoms with Gasteiger partial charge in [-0.3, -0.25) is 0 Å². The van der Waals surface area contributed by atoms with Gasteiger partial charge in [0.15, 0.2) is 0 Å².